The highest BCUT2D eigenvalue weighted by molar-refractivity contribution is 7.90. The molecule has 1 aromatic rings. The monoisotopic (exact) mass is 328 g/mol. The van der Waals surface area contributed by atoms with Crippen LogP contribution in [0.25, 0.3) is 0 Å². The van der Waals surface area contributed by atoms with E-state index < -0.39 is 10.0 Å². The SMILES string of the molecule is O=S(=O)(NC1CCCN(Cc2ccc(Cl)cc2)C1)C1CC1. The Hall–Kier alpha value is -0.620. The van der Waals surface area contributed by atoms with Crippen LogP contribution in [0.4, 0.5) is 0 Å². The lowest BCUT2D eigenvalue weighted by Gasteiger charge is -2.33. The van der Waals surface area contributed by atoms with Gasteiger partial charge in [-0.2, -0.15) is 0 Å². The van der Waals surface area contributed by atoms with Crippen molar-refractivity contribution in [2.24, 2.45) is 0 Å². The zero-order valence-electron chi connectivity index (χ0n) is 12.0. The largest absolute Gasteiger partial charge is 0.298 e. The van der Waals surface area contributed by atoms with Crippen LogP contribution >= 0.6 is 11.6 Å². The molecule has 4 nitrogen and oxygen atoms in total. The van der Waals surface area contributed by atoms with Gasteiger partial charge in [0.2, 0.25) is 10.0 Å². The summed E-state index contributed by atoms with van der Waals surface area (Å²) in [5, 5.41) is 0.608. The fourth-order valence-electron chi connectivity index (χ4n) is 2.85. The van der Waals surface area contributed by atoms with Crippen molar-refractivity contribution >= 4 is 21.6 Å². The van der Waals surface area contributed by atoms with E-state index in [0.717, 1.165) is 50.3 Å². The van der Waals surface area contributed by atoms with Crippen LogP contribution in [-0.2, 0) is 16.6 Å². The Kier molecular flexibility index (Phi) is 4.54. The molecule has 0 amide bonds. The molecule has 2 fully saturated rings. The summed E-state index contributed by atoms with van der Waals surface area (Å²) in [6.45, 7) is 2.65. The zero-order chi connectivity index (χ0) is 14.9. The van der Waals surface area contributed by atoms with Crippen LogP contribution < -0.4 is 4.72 Å². The molecule has 3 rings (SSSR count). The molecule has 0 bridgehead atoms. The number of nitrogens with one attached hydrogen (secondary N) is 1. The highest BCUT2D eigenvalue weighted by Gasteiger charge is 2.37. The molecule has 2 aliphatic rings. The Morgan fingerprint density at radius 3 is 2.57 bits per heavy atom. The lowest BCUT2D eigenvalue weighted by Crippen LogP contribution is -2.48. The van der Waals surface area contributed by atoms with E-state index in [1.165, 1.54) is 5.56 Å². The number of hydrogen-bond donors (Lipinski definition) is 1. The smallest absolute Gasteiger partial charge is 0.214 e. The Morgan fingerprint density at radius 1 is 1.19 bits per heavy atom. The minimum Gasteiger partial charge on any atom is -0.298 e. The van der Waals surface area contributed by atoms with Crippen LogP contribution in [-0.4, -0.2) is 37.7 Å². The standard InChI is InChI=1S/C15H21ClN2O2S/c16-13-5-3-12(4-6-13)10-18-9-1-2-14(11-18)17-21(19,20)15-7-8-15/h3-6,14-15,17H,1-2,7-11H2. The normalized spacial score (nSPS) is 24.1. The molecule has 1 aliphatic heterocycles. The first-order chi connectivity index (χ1) is 10.0. The molecule has 1 aromatic carbocycles. The molecule has 1 unspecified atom stereocenters. The van der Waals surface area contributed by atoms with E-state index in [1.807, 2.05) is 24.3 Å². The Bertz CT molecular complexity index is 584. The molecular weight excluding hydrogens is 308 g/mol. The maximum Gasteiger partial charge on any atom is 0.214 e. The molecule has 1 saturated heterocycles. The summed E-state index contributed by atoms with van der Waals surface area (Å²) >= 11 is 5.90. The fourth-order valence-corrected chi connectivity index (χ4v) is 4.58. The molecule has 0 aromatic heterocycles. The second-order valence-electron chi connectivity index (χ2n) is 6.06. The topological polar surface area (TPSA) is 49.4 Å². The van der Waals surface area contributed by atoms with Crippen molar-refractivity contribution in [1.29, 1.82) is 0 Å². The Morgan fingerprint density at radius 2 is 1.90 bits per heavy atom. The van der Waals surface area contributed by atoms with Gasteiger partial charge in [-0.3, -0.25) is 4.90 Å². The number of hydrogen-bond acceptors (Lipinski definition) is 3. The van der Waals surface area contributed by atoms with Crippen LogP contribution in [0, 0.1) is 0 Å². The summed E-state index contributed by atoms with van der Waals surface area (Å²) in [6.07, 6.45) is 3.60. The molecule has 116 valence electrons. The van der Waals surface area contributed by atoms with Crippen LogP contribution in [0.1, 0.15) is 31.2 Å². The predicted molar refractivity (Wildman–Crippen MR) is 84.8 cm³/mol. The third kappa shape index (κ3) is 4.19. The fraction of sp³-hybridized carbons (Fsp3) is 0.600. The first-order valence-electron chi connectivity index (χ1n) is 7.51. The summed E-state index contributed by atoms with van der Waals surface area (Å²) in [7, 11) is -3.08. The minimum absolute atomic E-state index is 0.0525. The van der Waals surface area contributed by atoms with E-state index in [4.69, 9.17) is 11.6 Å². The number of rotatable bonds is 5. The molecule has 1 aliphatic carbocycles. The van der Waals surface area contributed by atoms with Crippen molar-refractivity contribution in [1.82, 2.24) is 9.62 Å². The molecule has 1 atom stereocenters. The highest BCUT2D eigenvalue weighted by atomic mass is 35.5. The average molecular weight is 329 g/mol. The number of benzene rings is 1. The van der Waals surface area contributed by atoms with Gasteiger partial charge in [0.05, 0.1) is 5.25 Å². The van der Waals surface area contributed by atoms with Crippen molar-refractivity contribution in [3.8, 4) is 0 Å². The van der Waals surface area contributed by atoms with Gasteiger partial charge in [0.1, 0.15) is 0 Å². The van der Waals surface area contributed by atoms with Crippen LogP contribution in [0.5, 0.6) is 0 Å². The van der Waals surface area contributed by atoms with Crippen molar-refractivity contribution in [2.45, 2.75) is 43.5 Å². The number of sulfonamides is 1. The number of likely N-dealkylation sites (tertiary alicyclic amines) is 1. The summed E-state index contributed by atoms with van der Waals surface area (Å²) in [5.41, 5.74) is 1.21. The first kappa shape index (κ1) is 15.3. The molecule has 0 radical (unpaired) electrons. The van der Waals surface area contributed by atoms with Gasteiger partial charge in [-0.05, 0) is 49.9 Å². The maximum absolute atomic E-state index is 12.0. The van der Waals surface area contributed by atoms with Crippen LogP contribution in [0.3, 0.4) is 0 Å². The van der Waals surface area contributed by atoms with Gasteiger partial charge in [-0.25, -0.2) is 13.1 Å². The third-order valence-corrected chi connectivity index (χ3v) is 6.38. The minimum atomic E-state index is -3.08. The molecular formula is C15H21ClN2O2S. The number of nitrogens with zero attached hydrogens (tertiary/aromatic N) is 1. The second-order valence-corrected chi connectivity index (χ2v) is 8.49. The number of halogens is 1. The predicted octanol–water partition coefficient (Wildman–Crippen LogP) is 2.39. The molecule has 0 spiro atoms. The van der Waals surface area contributed by atoms with Crippen molar-refractivity contribution in [3.63, 3.8) is 0 Å². The van der Waals surface area contributed by atoms with Crippen LogP contribution in [0.15, 0.2) is 24.3 Å². The van der Waals surface area contributed by atoms with Gasteiger partial charge < -0.3 is 0 Å². The van der Waals surface area contributed by atoms with Gasteiger partial charge in [-0.15, -0.1) is 0 Å². The third-order valence-electron chi connectivity index (χ3n) is 4.12. The average Bonchev–Trinajstić information content (AvgIpc) is 3.26. The van der Waals surface area contributed by atoms with E-state index in [1.54, 1.807) is 0 Å². The lowest BCUT2D eigenvalue weighted by molar-refractivity contribution is 0.194. The van der Waals surface area contributed by atoms with Crippen molar-refractivity contribution in [3.05, 3.63) is 34.9 Å². The summed E-state index contributed by atoms with van der Waals surface area (Å²) in [5.74, 6) is 0. The highest BCUT2D eigenvalue weighted by Crippen LogP contribution is 2.28. The van der Waals surface area contributed by atoms with Gasteiger partial charge in [0.25, 0.3) is 0 Å². The van der Waals surface area contributed by atoms with Gasteiger partial charge in [0.15, 0.2) is 0 Å². The zero-order valence-corrected chi connectivity index (χ0v) is 13.5. The summed E-state index contributed by atoms with van der Waals surface area (Å²) < 4.78 is 26.9. The molecule has 21 heavy (non-hydrogen) atoms. The summed E-state index contributed by atoms with van der Waals surface area (Å²) in [6, 6.07) is 7.90. The second kappa shape index (κ2) is 6.24. The van der Waals surface area contributed by atoms with Crippen molar-refractivity contribution < 1.29 is 8.42 Å². The van der Waals surface area contributed by atoms with Crippen LogP contribution in [0.2, 0.25) is 5.02 Å². The van der Waals surface area contributed by atoms with Crippen molar-refractivity contribution in [2.75, 3.05) is 13.1 Å². The lowest BCUT2D eigenvalue weighted by atomic mass is 10.1. The molecule has 1 heterocycles. The summed E-state index contributed by atoms with van der Waals surface area (Å²) in [4.78, 5) is 2.31. The maximum atomic E-state index is 12.0. The quantitative estimate of drug-likeness (QED) is 0.903. The van der Waals surface area contributed by atoms with Gasteiger partial charge in [-0.1, -0.05) is 23.7 Å². The van der Waals surface area contributed by atoms with Gasteiger partial charge >= 0.3 is 0 Å². The Balaban J connectivity index is 1.56. The van der Waals surface area contributed by atoms with E-state index in [9.17, 15) is 8.42 Å². The Labute approximate surface area is 131 Å². The van der Waals surface area contributed by atoms with E-state index in [-0.39, 0.29) is 11.3 Å². The van der Waals surface area contributed by atoms with E-state index in [0.29, 0.717) is 0 Å². The molecule has 1 saturated carbocycles. The number of piperidine rings is 1. The first-order valence-corrected chi connectivity index (χ1v) is 9.43. The molecule has 1 N–H and O–H groups in total. The molecule has 6 heteroatoms. The van der Waals surface area contributed by atoms with E-state index in [2.05, 4.69) is 9.62 Å². The van der Waals surface area contributed by atoms with E-state index >= 15 is 0 Å². The van der Waals surface area contributed by atoms with Gasteiger partial charge in [0, 0.05) is 24.2 Å².